The van der Waals surface area contributed by atoms with E-state index in [4.69, 9.17) is 0 Å². The molecular formula is C12H22F3NO. The van der Waals surface area contributed by atoms with Crippen LogP contribution in [-0.2, 0) is 0 Å². The first-order chi connectivity index (χ1) is 7.93. The minimum atomic E-state index is -4.04. The van der Waals surface area contributed by atoms with Gasteiger partial charge in [0.05, 0.1) is 12.0 Å². The fourth-order valence-corrected chi connectivity index (χ4v) is 2.36. The van der Waals surface area contributed by atoms with Crippen molar-refractivity contribution in [2.24, 2.45) is 5.92 Å². The van der Waals surface area contributed by atoms with Gasteiger partial charge in [-0.1, -0.05) is 13.3 Å². The Labute approximate surface area is 101 Å². The van der Waals surface area contributed by atoms with E-state index in [1.165, 1.54) is 0 Å². The third-order valence-corrected chi connectivity index (χ3v) is 3.45. The van der Waals surface area contributed by atoms with Gasteiger partial charge in [-0.15, -0.1) is 0 Å². The normalized spacial score (nSPS) is 28.1. The molecule has 1 atom stereocenters. The summed E-state index contributed by atoms with van der Waals surface area (Å²) in [6.45, 7) is 2.49. The van der Waals surface area contributed by atoms with E-state index in [-0.39, 0.29) is 25.0 Å². The van der Waals surface area contributed by atoms with E-state index in [9.17, 15) is 18.3 Å². The first kappa shape index (κ1) is 14.8. The van der Waals surface area contributed by atoms with Crippen LogP contribution in [0.5, 0.6) is 0 Å². The van der Waals surface area contributed by atoms with Gasteiger partial charge in [0.25, 0.3) is 0 Å². The number of hydrogen-bond acceptors (Lipinski definition) is 2. The van der Waals surface area contributed by atoms with E-state index >= 15 is 0 Å². The monoisotopic (exact) mass is 253 g/mol. The van der Waals surface area contributed by atoms with Gasteiger partial charge < -0.3 is 10.4 Å². The van der Waals surface area contributed by atoms with Crippen LogP contribution in [0, 0.1) is 5.92 Å². The Bertz CT molecular complexity index is 212. The fourth-order valence-electron chi connectivity index (χ4n) is 2.36. The zero-order valence-electron chi connectivity index (χ0n) is 10.3. The second kappa shape index (κ2) is 6.59. The van der Waals surface area contributed by atoms with Crippen LogP contribution >= 0.6 is 0 Å². The van der Waals surface area contributed by atoms with Gasteiger partial charge >= 0.3 is 6.18 Å². The maximum Gasteiger partial charge on any atom is 0.391 e. The summed E-state index contributed by atoms with van der Waals surface area (Å²) in [5.74, 6) is -1.12. The predicted molar refractivity (Wildman–Crippen MR) is 60.7 cm³/mol. The Morgan fingerprint density at radius 3 is 2.29 bits per heavy atom. The molecule has 0 aromatic rings. The van der Waals surface area contributed by atoms with Crippen molar-refractivity contribution in [1.82, 2.24) is 5.32 Å². The van der Waals surface area contributed by atoms with Gasteiger partial charge in [0.1, 0.15) is 0 Å². The first-order valence-corrected chi connectivity index (χ1v) is 6.41. The molecule has 0 spiro atoms. The molecular weight excluding hydrogens is 231 g/mol. The molecule has 1 rings (SSSR count). The number of hydrogen-bond donors (Lipinski definition) is 2. The molecule has 0 bridgehead atoms. The highest BCUT2D eigenvalue weighted by atomic mass is 19.4. The van der Waals surface area contributed by atoms with Gasteiger partial charge in [0, 0.05) is 12.6 Å². The molecule has 102 valence electrons. The highest BCUT2D eigenvalue weighted by Gasteiger charge is 2.41. The molecule has 1 aliphatic carbocycles. The minimum absolute atomic E-state index is 0.139. The largest absolute Gasteiger partial charge is 0.392 e. The van der Waals surface area contributed by atoms with Crippen LogP contribution in [0.15, 0.2) is 0 Å². The van der Waals surface area contributed by atoms with Crippen LogP contribution in [0.4, 0.5) is 13.2 Å². The van der Waals surface area contributed by atoms with E-state index in [0.717, 1.165) is 12.8 Å². The second-order valence-electron chi connectivity index (χ2n) is 4.94. The van der Waals surface area contributed by atoms with Gasteiger partial charge in [-0.2, -0.15) is 13.2 Å². The second-order valence-corrected chi connectivity index (χ2v) is 4.94. The van der Waals surface area contributed by atoms with Gasteiger partial charge in [-0.25, -0.2) is 0 Å². The molecule has 1 saturated carbocycles. The van der Waals surface area contributed by atoms with Crippen molar-refractivity contribution >= 4 is 0 Å². The number of aliphatic hydroxyl groups is 1. The van der Waals surface area contributed by atoms with Crippen molar-refractivity contribution < 1.29 is 18.3 Å². The van der Waals surface area contributed by atoms with Gasteiger partial charge in [0.15, 0.2) is 0 Å². The Morgan fingerprint density at radius 1 is 1.24 bits per heavy atom. The molecule has 0 heterocycles. The van der Waals surface area contributed by atoms with Crippen LogP contribution < -0.4 is 5.32 Å². The van der Waals surface area contributed by atoms with E-state index < -0.39 is 12.1 Å². The number of alkyl halides is 3. The topological polar surface area (TPSA) is 32.3 Å². The number of nitrogens with one attached hydrogen (secondary N) is 1. The lowest BCUT2D eigenvalue weighted by Gasteiger charge is -2.30. The third kappa shape index (κ3) is 5.25. The Balaban J connectivity index is 2.19. The Morgan fingerprint density at radius 2 is 1.82 bits per heavy atom. The van der Waals surface area contributed by atoms with Crippen LogP contribution in [-0.4, -0.2) is 30.0 Å². The standard InChI is InChI=1S/C12H22F3NO/c1-2-3-11(17)8-16-10-6-4-9(5-7-10)12(13,14)15/h9-11,16-17H,2-8H2,1H3. The van der Waals surface area contributed by atoms with Gasteiger partial charge in [0.2, 0.25) is 0 Å². The number of aliphatic hydroxyl groups excluding tert-OH is 1. The van der Waals surface area contributed by atoms with E-state index in [0.29, 0.717) is 19.4 Å². The van der Waals surface area contributed by atoms with Crippen LogP contribution in [0.25, 0.3) is 0 Å². The van der Waals surface area contributed by atoms with Crippen LogP contribution in [0.2, 0.25) is 0 Å². The molecule has 1 unspecified atom stereocenters. The van der Waals surface area contributed by atoms with Gasteiger partial charge in [-0.05, 0) is 32.1 Å². The highest BCUT2D eigenvalue weighted by Crippen LogP contribution is 2.37. The molecule has 0 aromatic heterocycles. The average Bonchev–Trinajstić information content (AvgIpc) is 2.26. The summed E-state index contributed by atoms with van der Waals surface area (Å²) in [4.78, 5) is 0. The molecule has 0 saturated heterocycles. The highest BCUT2D eigenvalue weighted by molar-refractivity contribution is 4.81. The summed E-state index contributed by atoms with van der Waals surface area (Å²) in [5.41, 5.74) is 0. The summed E-state index contributed by atoms with van der Waals surface area (Å²) in [7, 11) is 0. The van der Waals surface area contributed by atoms with E-state index in [2.05, 4.69) is 5.32 Å². The molecule has 1 fully saturated rings. The summed E-state index contributed by atoms with van der Waals surface area (Å²) in [6.07, 6.45) is -1.20. The molecule has 0 radical (unpaired) electrons. The maximum atomic E-state index is 12.4. The molecule has 5 heteroatoms. The molecule has 17 heavy (non-hydrogen) atoms. The van der Waals surface area contributed by atoms with E-state index in [1.54, 1.807) is 0 Å². The molecule has 0 amide bonds. The lowest BCUT2D eigenvalue weighted by atomic mass is 9.85. The summed E-state index contributed by atoms with van der Waals surface area (Å²) in [6, 6.07) is 0.139. The van der Waals surface area contributed by atoms with Crippen molar-refractivity contribution in [3.8, 4) is 0 Å². The average molecular weight is 253 g/mol. The van der Waals surface area contributed by atoms with Crippen molar-refractivity contribution in [3.05, 3.63) is 0 Å². The summed E-state index contributed by atoms with van der Waals surface area (Å²) < 4.78 is 37.3. The zero-order chi connectivity index (χ0) is 12.9. The SMILES string of the molecule is CCCC(O)CNC1CCC(C(F)(F)F)CC1. The molecule has 0 aliphatic heterocycles. The van der Waals surface area contributed by atoms with Gasteiger partial charge in [-0.3, -0.25) is 0 Å². The molecule has 1 aliphatic rings. The fraction of sp³-hybridized carbons (Fsp3) is 1.00. The van der Waals surface area contributed by atoms with Crippen molar-refractivity contribution in [2.75, 3.05) is 6.54 Å². The number of halogens is 3. The third-order valence-electron chi connectivity index (χ3n) is 3.45. The summed E-state index contributed by atoms with van der Waals surface area (Å²) in [5, 5.41) is 12.7. The first-order valence-electron chi connectivity index (χ1n) is 6.41. The lowest BCUT2D eigenvalue weighted by molar-refractivity contribution is -0.182. The van der Waals surface area contributed by atoms with Crippen molar-refractivity contribution in [2.45, 2.75) is 63.8 Å². The summed E-state index contributed by atoms with van der Waals surface area (Å²) >= 11 is 0. The Hall–Kier alpha value is -0.290. The maximum absolute atomic E-state index is 12.4. The van der Waals surface area contributed by atoms with Crippen LogP contribution in [0.1, 0.15) is 45.4 Å². The van der Waals surface area contributed by atoms with Crippen molar-refractivity contribution in [1.29, 1.82) is 0 Å². The zero-order valence-corrected chi connectivity index (χ0v) is 10.3. The quantitative estimate of drug-likeness (QED) is 0.789. The smallest absolute Gasteiger partial charge is 0.391 e. The minimum Gasteiger partial charge on any atom is -0.392 e. The molecule has 0 aromatic carbocycles. The van der Waals surface area contributed by atoms with E-state index in [1.807, 2.05) is 6.92 Å². The number of rotatable bonds is 5. The molecule has 2 nitrogen and oxygen atoms in total. The lowest BCUT2D eigenvalue weighted by Crippen LogP contribution is -2.40. The molecule has 2 N–H and O–H groups in total. The predicted octanol–water partition coefficient (Wildman–Crippen LogP) is 2.86. The Kier molecular flexibility index (Phi) is 5.73. The van der Waals surface area contributed by atoms with Crippen molar-refractivity contribution in [3.63, 3.8) is 0 Å². The van der Waals surface area contributed by atoms with Crippen LogP contribution in [0.3, 0.4) is 0 Å².